The van der Waals surface area contributed by atoms with Crippen LogP contribution in [0.4, 0.5) is 4.39 Å². The van der Waals surface area contributed by atoms with Gasteiger partial charge in [-0.2, -0.15) is 5.10 Å². The Labute approximate surface area is 180 Å². The number of esters is 1. The van der Waals surface area contributed by atoms with E-state index in [4.69, 9.17) is 9.47 Å². The molecule has 1 saturated heterocycles. The van der Waals surface area contributed by atoms with E-state index in [1.807, 2.05) is 0 Å². The number of carbonyl (C=O) groups excluding carboxylic acids is 2. The average Bonchev–Trinajstić information content (AvgIpc) is 2.79. The topological polar surface area (TPSA) is 80.2 Å². The first-order valence-corrected chi connectivity index (χ1v) is 10.3. The van der Waals surface area contributed by atoms with Crippen molar-refractivity contribution >= 4 is 18.1 Å². The Morgan fingerprint density at radius 3 is 2.65 bits per heavy atom. The van der Waals surface area contributed by atoms with Gasteiger partial charge in [0.15, 0.2) is 11.5 Å². The van der Waals surface area contributed by atoms with Crippen molar-refractivity contribution in [1.29, 1.82) is 0 Å². The molecule has 31 heavy (non-hydrogen) atoms. The number of piperidine rings is 1. The van der Waals surface area contributed by atoms with Gasteiger partial charge < -0.3 is 14.4 Å². The van der Waals surface area contributed by atoms with Crippen LogP contribution >= 0.6 is 0 Å². The Hall–Kier alpha value is -3.26. The van der Waals surface area contributed by atoms with Crippen LogP contribution in [0.15, 0.2) is 47.6 Å². The quantitative estimate of drug-likeness (QED) is 0.302. The van der Waals surface area contributed by atoms with Crippen molar-refractivity contribution in [3.05, 3.63) is 59.4 Å². The molecule has 0 saturated carbocycles. The van der Waals surface area contributed by atoms with Crippen molar-refractivity contribution < 1.29 is 23.5 Å². The summed E-state index contributed by atoms with van der Waals surface area (Å²) in [6.07, 6.45) is 5.51. The van der Waals surface area contributed by atoms with E-state index in [2.05, 4.69) is 15.4 Å². The maximum absolute atomic E-state index is 13.8. The Balaban J connectivity index is 1.54. The third kappa shape index (κ3) is 6.62. The van der Waals surface area contributed by atoms with Gasteiger partial charge in [-0.3, -0.25) is 4.79 Å². The van der Waals surface area contributed by atoms with Crippen molar-refractivity contribution in [2.45, 2.75) is 25.7 Å². The van der Waals surface area contributed by atoms with Gasteiger partial charge in [0.1, 0.15) is 5.82 Å². The monoisotopic (exact) mass is 427 g/mol. The van der Waals surface area contributed by atoms with E-state index in [-0.39, 0.29) is 23.0 Å². The predicted molar refractivity (Wildman–Crippen MR) is 115 cm³/mol. The van der Waals surface area contributed by atoms with Gasteiger partial charge in [0.05, 0.1) is 18.9 Å². The number of benzene rings is 2. The number of carbonyl (C=O) groups is 2. The molecule has 1 amide bonds. The molecule has 1 aliphatic heterocycles. The van der Waals surface area contributed by atoms with Gasteiger partial charge in [-0.05, 0) is 61.8 Å². The van der Waals surface area contributed by atoms with Crippen molar-refractivity contribution in [2.75, 3.05) is 26.7 Å². The number of hydrogen-bond donors (Lipinski definition) is 1. The molecule has 0 bridgehead atoms. The highest BCUT2D eigenvalue weighted by Gasteiger charge is 2.16. The van der Waals surface area contributed by atoms with Gasteiger partial charge in [0.2, 0.25) is 5.91 Å². The second-order valence-electron chi connectivity index (χ2n) is 7.23. The van der Waals surface area contributed by atoms with E-state index >= 15 is 0 Å². The molecule has 8 heteroatoms. The maximum Gasteiger partial charge on any atom is 0.346 e. The maximum atomic E-state index is 13.8. The molecule has 0 aliphatic carbocycles. The van der Waals surface area contributed by atoms with Gasteiger partial charge in [-0.1, -0.05) is 18.6 Å². The largest absolute Gasteiger partial charge is 0.493 e. The molecular formula is C23H26FN3O4. The molecule has 3 rings (SSSR count). The Bertz CT molecular complexity index is 942. The number of likely N-dealkylation sites (tertiary alicyclic amines) is 1. The van der Waals surface area contributed by atoms with Crippen LogP contribution in [-0.4, -0.2) is 49.7 Å². The number of ether oxygens (including phenoxy) is 2. The van der Waals surface area contributed by atoms with E-state index < -0.39 is 11.8 Å². The second kappa shape index (κ2) is 11.2. The average molecular weight is 427 g/mol. The lowest BCUT2D eigenvalue weighted by Gasteiger charge is -2.25. The number of rotatable bonds is 8. The third-order valence-corrected chi connectivity index (χ3v) is 4.99. The van der Waals surface area contributed by atoms with Gasteiger partial charge in [0, 0.05) is 13.0 Å². The molecule has 0 aromatic heterocycles. The molecule has 1 fully saturated rings. The lowest BCUT2D eigenvalue weighted by Crippen LogP contribution is -2.33. The SMILES string of the molecule is COc1cc(/C=N/NC(=O)CCN2CCCCC2)ccc1OC(=O)c1ccccc1F. The minimum absolute atomic E-state index is 0.149. The van der Waals surface area contributed by atoms with Crippen LogP contribution < -0.4 is 14.9 Å². The van der Waals surface area contributed by atoms with Crippen molar-refractivity contribution in [3.63, 3.8) is 0 Å². The highest BCUT2D eigenvalue weighted by Crippen LogP contribution is 2.28. The van der Waals surface area contributed by atoms with Crippen LogP contribution in [0.5, 0.6) is 11.5 Å². The summed E-state index contributed by atoms with van der Waals surface area (Å²) in [7, 11) is 1.43. The molecular weight excluding hydrogens is 401 g/mol. The first kappa shape index (κ1) is 22.4. The smallest absolute Gasteiger partial charge is 0.346 e. The summed E-state index contributed by atoms with van der Waals surface area (Å²) in [5.74, 6) is -1.20. The molecule has 0 atom stereocenters. The number of nitrogens with one attached hydrogen (secondary N) is 1. The van der Waals surface area contributed by atoms with Crippen LogP contribution in [-0.2, 0) is 4.79 Å². The summed E-state index contributed by atoms with van der Waals surface area (Å²) >= 11 is 0. The van der Waals surface area contributed by atoms with E-state index in [9.17, 15) is 14.0 Å². The molecule has 164 valence electrons. The number of hydrogen-bond acceptors (Lipinski definition) is 6. The Kier molecular flexibility index (Phi) is 8.12. The standard InChI is InChI=1S/C23H26FN3O4/c1-30-21-15-17(16-25-26-22(28)11-14-27-12-5-2-6-13-27)9-10-20(21)31-23(29)18-7-3-4-8-19(18)24/h3-4,7-10,15-16H,2,5-6,11-14H2,1H3,(H,26,28)/b25-16+. The summed E-state index contributed by atoms with van der Waals surface area (Å²) in [6.45, 7) is 2.83. The van der Waals surface area contributed by atoms with Gasteiger partial charge in [-0.25, -0.2) is 14.6 Å². The van der Waals surface area contributed by atoms with Gasteiger partial charge >= 0.3 is 5.97 Å². The number of halogens is 1. The summed E-state index contributed by atoms with van der Waals surface area (Å²) in [5.41, 5.74) is 2.99. The van der Waals surface area contributed by atoms with Crippen molar-refractivity contribution in [1.82, 2.24) is 10.3 Å². The van der Waals surface area contributed by atoms with Crippen LogP contribution in [0.2, 0.25) is 0 Å². The van der Waals surface area contributed by atoms with Gasteiger partial charge in [-0.15, -0.1) is 0 Å². The molecule has 7 nitrogen and oxygen atoms in total. The fourth-order valence-corrected chi connectivity index (χ4v) is 3.31. The van der Waals surface area contributed by atoms with Gasteiger partial charge in [0.25, 0.3) is 0 Å². The van der Waals surface area contributed by atoms with Crippen molar-refractivity contribution in [2.24, 2.45) is 5.10 Å². The van der Waals surface area contributed by atoms with Crippen LogP contribution in [0.25, 0.3) is 0 Å². The van der Waals surface area contributed by atoms with E-state index in [1.54, 1.807) is 18.2 Å². The molecule has 0 radical (unpaired) electrons. The lowest BCUT2D eigenvalue weighted by atomic mass is 10.1. The molecule has 1 heterocycles. The molecule has 2 aromatic carbocycles. The van der Waals surface area contributed by atoms with Crippen LogP contribution in [0.1, 0.15) is 41.6 Å². The summed E-state index contributed by atoms with van der Waals surface area (Å²) in [4.78, 5) is 26.5. The number of nitrogens with zero attached hydrogens (tertiary/aromatic N) is 2. The van der Waals surface area contributed by atoms with Crippen molar-refractivity contribution in [3.8, 4) is 11.5 Å². The van der Waals surface area contributed by atoms with E-state index in [0.717, 1.165) is 19.6 Å². The zero-order valence-corrected chi connectivity index (χ0v) is 17.5. The third-order valence-electron chi connectivity index (χ3n) is 4.99. The number of methoxy groups -OCH3 is 1. The number of amides is 1. The number of hydrazone groups is 1. The zero-order valence-electron chi connectivity index (χ0n) is 17.5. The Morgan fingerprint density at radius 1 is 1.13 bits per heavy atom. The highest BCUT2D eigenvalue weighted by atomic mass is 19.1. The predicted octanol–water partition coefficient (Wildman–Crippen LogP) is 3.38. The fraction of sp³-hybridized carbons (Fsp3) is 0.348. The summed E-state index contributed by atoms with van der Waals surface area (Å²) in [6, 6.07) is 10.4. The Morgan fingerprint density at radius 2 is 1.90 bits per heavy atom. The molecule has 2 aromatic rings. The summed E-state index contributed by atoms with van der Waals surface area (Å²) < 4.78 is 24.3. The molecule has 0 spiro atoms. The second-order valence-corrected chi connectivity index (χ2v) is 7.23. The normalized spacial score (nSPS) is 14.4. The minimum atomic E-state index is -0.821. The van der Waals surface area contributed by atoms with E-state index in [0.29, 0.717) is 12.0 Å². The minimum Gasteiger partial charge on any atom is -0.493 e. The van der Waals surface area contributed by atoms with E-state index in [1.165, 1.54) is 56.9 Å². The first-order valence-electron chi connectivity index (χ1n) is 10.3. The lowest BCUT2D eigenvalue weighted by molar-refractivity contribution is -0.121. The molecule has 0 unspecified atom stereocenters. The fourth-order valence-electron chi connectivity index (χ4n) is 3.31. The molecule has 1 aliphatic rings. The summed E-state index contributed by atoms with van der Waals surface area (Å²) in [5, 5.41) is 3.97. The zero-order chi connectivity index (χ0) is 22.1. The first-order chi connectivity index (χ1) is 15.1. The highest BCUT2D eigenvalue weighted by molar-refractivity contribution is 5.92. The van der Waals surface area contributed by atoms with Crippen LogP contribution in [0, 0.1) is 5.82 Å². The molecule has 1 N–H and O–H groups in total. The van der Waals surface area contributed by atoms with Crippen LogP contribution in [0.3, 0.4) is 0 Å².